The van der Waals surface area contributed by atoms with Gasteiger partial charge in [-0.15, -0.1) is 0 Å². The Labute approximate surface area is 148 Å². The lowest BCUT2D eigenvalue weighted by Gasteiger charge is -2.27. The molecule has 0 spiro atoms. The Balaban J connectivity index is 1.89. The number of halogens is 2. The van der Waals surface area contributed by atoms with E-state index in [0.717, 1.165) is 34.2 Å². The van der Waals surface area contributed by atoms with Gasteiger partial charge in [0.1, 0.15) is 11.4 Å². The van der Waals surface area contributed by atoms with Crippen molar-refractivity contribution >= 4 is 44.7 Å². The zero-order valence-corrected chi connectivity index (χ0v) is 15.7. The van der Waals surface area contributed by atoms with Gasteiger partial charge >= 0.3 is 6.09 Å². The van der Waals surface area contributed by atoms with Crippen LogP contribution in [0.3, 0.4) is 0 Å². The molecule has 23 heavy (non-hydrogen) atoms. The molecule has 1 aliphatic rings. The van der Waals surface area contributed by atoms with Crippen LogP contribution in [-0.4, -0.2) is 33.1 Å². The van der Waals surface area contributed by atoms with Crippen LogP contribution < -0.4 is 0 Å². The SMILES string of the molecule is CC(C)(C)OC(=O)N1CCC[C@H]1c1nc2cc(Br)c(Cl)cc2[nH]1. The first-order chi connectivity index (χ1) is 10.7. The number of nitrogens with one attached hydrogen (secondary N) is 1. The minimum atomic E-state index is -0.503. The number of carbonyl (C=O) groups is 1. The highest BCUT2D eigenvalue weighted by atomic mass is 79.9. The van der Waals surface area contributed by atoms with Gasteiger partial charge in [-0.1, -0.05) is 11.6 Å². The molecule has 3 rings (SSSR count). The molecule has 124 valence electrons. The van der Waals surface area contributed by atoms with E-state index in [1.54, 1.807) is 4.90 Å². The molecule has 1 fully saturated rings. The van der Waals surface area contributed by atoms with Gasteiger partial charge in [-0.25, -0.2) is 9.78 Å². The lowest BCUT2D eigenvalue weighted by molar-refractivity contribution is 0.0219. The molecule has 2 aromatic rings. The number of likely N-dealkylation sites (tertiary alicyclic amines) is 1. The number of nitrogens with zero attached hydrogens (tertiary/aromatic N) is 2. The second-order valence-corrected chi connectivity index (χ2v) is 8.00. The van der Waals surface area contributed by atoms with Crippen LogP contribution in [-0.2, 0) is 4.74 Å². The van der Waals surface area contributed by atoms with Crippen molar-refractivity contribution in [2.45, 2.75) is 45.3 Å². The predicted molar refractivity (Wildman–Crippen MR) is 93.7 cm³/mol. The van der Waals surface area contributed by atoms with Crippen LogP contribution in [0, 0.1) is 0 Å². The summed E-state index contributed by atoms with van der Waals surface area (Å²) >= 11 is 9.54. The lowest BCUT2D eigenvalue weighted by atomic mass is 10.2. The van der Waals surface area contributed by atoms with Gasteiger partial charge in [0.25, 0.3) is 0 Å². The molecule has 1 amide bonds. The van der Waals surface area contributed by atoms with Gasteiger partial charge in [0.15, 0.2) is 0 Å². The molecule has 0 radical (unpaired) electrons. The number of H-pyrrole nitrogens is 1. The summed E-state index contributed by atoms with van der Waals surface area (Å²) in [7, 11) is 0. The highest BCUT2D eigenvalue weighted by Gasteiger charge is 2.34. The van der Waals surface area contributed by atoms with Crippen molar-refractivity contribution in [1.82, 2.24) is 14.9 Å². The van der Waals surface area contributed by atoms with Crippen LogP contribution in [0.5, 0.6) is 0 Å². The molecule has 1 aliphatic heterocycles. The van der Waals surface area contributed by atoms with Gasteiger partial charge < -0.3 is 9.72 Å². The maximum absolute atomic E-state index is 12.4. The van der Waals surface area contributed by atoms with Crippen LogP contribution >= 0.6 is 27.5 Å². The summed E-state index contributed by atoms with van der Waals surface area (Å²) in [5.41, 5.74) is 1.19. The Hall–Kier alpha value is -1.27. The van der Waals surface area contributed by atoms with E-state index in [2.05, 4.69) is 25.9 Å². The van der Waals surface area contributed by atoms with Crippen molar-refractivity contribution < 1.29 is 9.53 Å². The molecule has 0 bridgehead atoms. The zero-order chi connectivity index (χ0) is 16.8. The Kier molecular flexibility index (Phi) is 4.31. The first-order valence-electron chi connectivity index (χ1n) is 7.59. The normalized spacial score (nSPS) is 18.7. The standard InChI is InChI=1S/C16H19BrClN3O2/c1-16(2,3)23-15(22)21-6-4-5-13(21)14-19-11-7-9(17)10(18)8-12(11)20-14/h7-8,13H,4-6H2,1-3H3,(H,19,20)/t13-/m0/s1. The van der Waals surface area contributed by atoms with E-state index in [0.29, 0.717) is 11.6 Å². The van der Waals surface area contributed by atoms with E-state index < -0.39 is 5.60 Å². The van der Waals surface area contributed by atoms with Gasteiger partial charge in [-0.3, -0.25) is 4.90 Å². The highest BCUT2D eigenvalue weighted by molar-refractivity contribution is 9.10. The van der Waals surface area contributed by atoms with E-state index in [-0.39, 0.29) is 12.1 Å². The third-order valence-electron chi connectivity index (χ3n) is 3.74. The summed E-state index contributed by atoms with van der Waals surface area (Å²) in [4.78, 5) is 22.1. The first-order valence-corrected chi connectivity index (χ1v) is 8.76. The molecular weight excluding hydrogens is 382 g/mol. The van der Waals surface area contributed by atoms with Crippen molar-refractivity contribution in [1.29, 1.82) is 0 Å². The van der Waals surface area contributed by atoms with E-state index in [9.17, 15) is 4.79 Å². The number of ether oxygens (including phenoxy) is 1. The molecule has 1 N–H and O–H groups in total. The van der Waals surface area contributed by atoms with Crippen LogP contribution in [0.15, 0.2) is 16.6 Å². The fraction of sp³-hybridized carbons (Fsp3) is 0.500. The van der Waals surface area contributed by atoms with Gasteiger partial charge in [-0.2, -0.15) is 0 Å². The smallest absolute Gasteiger partial charge is 0.410 e. The fourth-order valence-electron chi connectivity index (χ4n) is 2.77. The maximum atomic E-state index is 12.4. The second kappa shape index (κ2) is 5.98. The summed E-state index contributed by atoms with van der Waals surface area (Å²) in [6, 6.07) is 3.63. The van der Waals surface area contributed by atoms with E-state index in [1.165, 1.54) is 0 Å². The topological polar surface area (TPSA) is 58.2 Å². The number of aromatic nitrogens is 2. The third-order valence-corrected chi connectivity index (χ3v) is 4.94. The van der Waals surface area contributed by atoms with Crippen molar-refractivity contribution in [2.24, 2.45) is 0 Å². The van der Waals surface area contributed by atoms with Gasteiger partial charge in [0.05, 0.1) is 22.1 Å². The number of fused-ring (bicyclic) bond motifs is 1. The van der Waals surface area contributed by atoms with Crippen molar-refractivity contribution in [2.75, 3.05) is 6.54 Å². The quantitative estimate of drug-likeness (QED) is 0.728. The molecule has 1 aromatic carbocycles. The van der Waals surface area contributed by atoms with Gasteiger partial charge in [0, 0.05) is 11.0 Å². The molecular formula is C16H19BrClN3O2. The highest BCUT2D eigenvalue weighted by Crippen LogP contribution is 2.34. The summed E-state index contributed by atoms with van der Waals surface area (Å²) in [6.45, 7) is 6.30. The predicted octanol–water partition coefficient (Wildman–Crippen LogP) is 5.05. The molecule has 2 heterocycles. The minimum Gasteiger partial charge on any atom is -0.444 e. The first kappa shape index (κ1) is 16.6. The van der Waals surface area contributed by atoms with Crippen LogP contribution in [0.4, 0.5) is 4.79 Å². The molecule has 1 saturated heterocycles. The van der Waals surface area contributed by atoms with Crippen molar-refractivity contribution in [3.8, 4) is 0 Å². The molecule has 0 saturated carbocycles. The Bertz CT molecular complexity index is 715. The molecule has 5 nitrogen and oxygen atoms in total. The van der Waals surface area contributed by atoms with Crippen molar-refractivity contribution in [3.63, 3.8) is 0 Å². The monoisotopic (exact) mass is 399 g/mol. The minimum absolute atomic E-state index is 0.0881. The summed E-state index contributed by atoms with van der Waals surface area (Å²) in [5, 5.41) is 0.628. The largest absolute Gasteiger partial charge is 0.444 e. The van der Waals surface area contributed by atoms with Gasteiger partial charge in [0.2, 0.25) is 0 Å². The lowest BCUT2D eigenvalue weighted by Crippen LogP contribution is -2.36. The van der Waals surface area contributed by atoms with Crippen LogP contribution in [0.1, 0.15) is 45.5 Å². The number of hydrogen-bond acceptors (Lipinski definition) is 3. The molecule has 0 aliphatic carbocycles. The Morgan fingerprint density at radius 3 is 2.91 bits per heavy atom. The van der Waals surface area contributed by atoms with Crippen LogP contribution in [0.25, 0.3) is 11.0 Å². The number of rotatable bonds is 1. The molecule has 1 aromatic heterocycles. The van der Waals surface area contributed by atoms with E-state index >= 15 is 0 Å². The molecule has 1 atom stereocenters. The zero-order valence-electron chi connectivity index (χ0n) is 13.3. The Morgan fingerprint density at radius 2 is 2.22 bits per heavy atom. The number of benzene rings is 1. The number of imidazole rings is 1. The second-order valence-electron chi connectivity index (χ2n) is 6.74. The summed E-state index contributed by atoms with van der Waals surface area (Å²) in [6.07, 6.45) is 1.51. The van der Waals surface area contributed by atoms with E-state index in [1.807, 2.05) is 32.9 Å². The number of amides is 1. The van der Waals surface area contributed by atoms with E-state index in [4.69, 9.17) is 16.3 Å². The van der Waals surface area contributed by atoms with Crippen molar-refractivity contribution in [3.05, 3.63) is 27.5 Å². The molecule has 0 unspecified atom stereocenters. The number of carbonyl (C=O) groups excluding carboxylic acids is 1. The molecule has 7 heteroatoms. The average molecular weight is 401 g/mol. The summed E-state index contributed by atoms with van der Waals surface area (Å²) in [5.74, 6) is 0.775. The fourth-order valence-corrected chi connectivity index (χ4v) is 3.27. The average Bonchev–Trinajstić information content (AvgIpc) is 3.03. The number of aromatic amines is 1. The third kappa shape index (κ3) is 3.48. The van der Waals surface area contributed by atoms with Crippen LogP contribution in [0.2, 0.25) is 5.02 Å². The maximum Gasteiger partial charge on any atom is 0.410 e. The van der Waals surface area contributed by atoms with Gasteiger partial charge in [-0.05, 0) is 61.7 Å². The summed E-state index contributed by atoms with van der Waals surface area (Å²) < 4.78 is 6.31. The number of hydrogen-bond donors (Lipinski definition) is 1. The Morgan fingerprint density at radius 1 is 1.48 bits per heavy atom.